The molecule has 1 amide bonds. The molecule has 5 nitrogen and oxygen atoms in total. The lowest BCUT2D eigenvalue weighted by Gasteiger charge is -2.24. The zero-order valence-corrected chi connectivity index (χ0v) is 17.8. The normalized spacial score (nSPS) is 11.4. The number of sulfonamides is 1. The molecule has 0 saturated carbocycles. The molecule has 29 heavy (non-hydrogen) atoms. The summed E-state index contributed by atoms with van der Waals surface area (Å²) in [6.07, 6.45) is 1.87. The Morgan fingerprint density at radius 2 is 1.69 bits per heavy atom. The second-order valence-electron chi connectivity index (χ2n) is 7.27. The van der Waals surface area contributed by atoms with Crippen LogP contribution in [0.5, 0.6) is 0 Å². The van der Waals surface area contributed by atoms with E-state index in [1.807, 2.05) is 68.4 Å². The molecular weight excluding hydrogens is 384 g/mol. The van der Waals surface area contributed by atoms with Gasteiger partial charge in [-0.05, 0) is 60.4 Å². The van der Waals surface area contributed by atoms with Gasteiger partial charge in [0.25, 0.3) is 0 Å². The van der Waals surface area contributed by atoms with Gasteiger partial charge in [-0.3, -0.25) is 9.10 Å². The van der Waals surface area contributed by atoms with Crippen LogP contribution in [0.25, 0.3) is 10.8 Å². The van der Waals surface area contributed by atoms with Crippen molar-refractivity contribution in [3.63, 3.8) is 0 Å². The average Bonchev–Trinajstić information content (AvgIpc) is 2.67. The van der Waals surface area contributed by atoms with Gasteiger partial charge in [-0.25, -0.2) is 8.42 Å². The molecule has 0 heterocycles. The summed E-state index contributed by atoms with van der Waals surface area (Å²) in [7, 11) is -3.44. The molecule has 0 saturated heterocycles. The fraction of sp³-hybridized carbons (Fsp3) is 0.261. The lowest BCUT2D eigenvalue weighted by molar-refractivity contribution is -0.116. The summed E-state index contributed by atoms with van der Waals surface area (Å²) in [6, 6.07) is 19.3. The molecule has 6 heteroatoms. The number of nitrogens with zero attached hydrogens (tertiary/aromatic N) is 1. The van der Waals surface area contributed by atoms with Crippen LogP contribution in [0.3, 0.4) is 0 Å². The summed E-state index contributed by atoms with van der Waals surface area (Å²) < 4.78 is 26.0. The highest BCUT2D eigenvalue weighted by molar-refractivity contribution is 7.92. The van der Waals surface area contributed by atoms with Crippen LogP contribution in [0.1, 0.15) is 24.0 Å². The van der Waals surface area contributed by atoms with Crippen molar-refractivity contribution in [1.29, 1.82) is 0 Å². The van der Waals surface area contributed by atoms with E-state index in [1.54, 1.807) is 6.07 Å². The van der Waals surface area contributed by atoms with Gasteiger partial charge in [-0.2, -0.15) is 0 Å². The van der Waals surface area contributed by atoms with Gasteiger partial charge in [0.15, 0.2) is 0 Å². The molecule has 0 bridgehead atoms. The Balaban J connectivity index is 1.64. The Morgan fingerprint density at radius 1 is 0.966 bits per heavy atom. The van der Waals surface area contributed by atoms with E-state index in [-0.39, 0.29) is 18.9 Å². The zero-order chi connectivity index (χ0) is 21.0. The molecule has 0 aromatic heterocycles. The van der Waals surface area contributed by atoms with Gasteiger partial charge in [0.05, 0.1) is 11.9 Å². The van der Waals surface area contributed by atoms with E-state index in [9.17, 15) is 13.2 Å². The number of rotatable bonds is 7. The number of hydrogen-bond acceptors (Lipinski definition) is 3. The Kier molecular flexibility index (Phi) is 6.23. The quantitative estimate of drug-likeness (QED) is 0.617. The Labute approximate surface area is 172 Å². The number of aryl methyl sites for hydroxylation is 1. The monoisotopic (exact) mass is 410 g/mol. The third kappa shape index (κ3) is 5.15. The fourth-order valence-corrected chi connectivity index (χ4v) is 4.36. The lowest BCUT2D eigenvalue weighted by Crippen LogP contribution is -2.32. The number of carbonyl (C=O) groups is 1. The van der Waals surface area contributed by atoms with E-state index in [0.717, 1.165) is 27.6 Å². The van der Waals surface area contributed by atoms with Gasteiger partial charge in [0.2, 0.25) is 15.9 Å². The van der Waals surface area contributed by atoms with Crippen LogP contribution in [-0.2, 0) is 14.8 Å². The molecule has 0 aliphatic carbocycles. The molecule has 3 aromatic carbocycles. The van der Waals surface area contributed by atoms with E-state index in [2.05, 4.69) is 5.32 Å². The van der Waals surface area contributed by atoms with Crippen LogP contribution >= 0.6 is 0 Å². The Bertz CT molecular complexity index is 1140. The molecule has 152 valence electrons. The molecule has 0 aliphatic rings. The predicted molar refractivity (Wildman–Crippen MR) is 120 cm³/mol. The minimum atomic E-state index is -3.44. The number of hydrogen-bond donors (Lipinski definition) is 1. The van der Waals surface area contributed by atoms with Gasteiger partial charge >= 0.3 is 0 Å². The predicted octanol–water partition coefficient (Wildman–Crippen LogP) is 4.64. The number of amides is 1. The largest absolute Gasteiger partial charge is 0.326 e. The van der Waals surface area contributed by atoms with Crippen molar-refractivity contribution in [2.75, 3.05) is 22.4 Å². The van der Waals surface area contributed by atoms with Crippen LogP contribution < -0.4 is 9.62 Å². The number of anilines is 2. The maximum atomic E-state index is 12.4. The molecule has 0 unspecified atom stereocenters. The number of benzene rings is 3. The van der Waals surface area contributed by atoms with E-state index in [1.165, 1.54) is 10.6 Å². The van der Waals surface area contributed by atoms with Crippen molar-refractivity contribution in [2.45, 2.75) is 26.7 Å². The molecule has 0 aliphatic heterocycles. The minimum absolute atomic E-state index is 0.130. The van der Waals surface area contributed by atoms with Gasteiger partial charge in [0, 0.05) is 18.7 Å². The number of carbonyl (C=O) groups excluding carboxylic acids is 1. The highest BCUT2D eigenvalue weighted by Gasteiger charge is 2.19. The van der Waals surface area contributed by atoms with Crippen molar-refractivity contribution < 1.29 is 13.2 Å². The topological polar surface area (TPSA) is 66.5 Å². The van der Waals surface area contributed by atoms with Crippen LogP contribution in [0.4, 0.5) is 11.4 Å². The number of fused-ring (bicyclic) bond motifs is 1. The molecule has 1 N–H and O–H groups in total. The fourth-order valence-electron chi connectivity index (χ4n) is 3.34. The highest BCUT2D eigenvalue weighted by atomic mass is 32.2. The smallest absolute Gasteiger partial charge is 0.232 e. The van der Waals surface area contributed by atoms with E-state index in [0.29, 0.717) is 12.1 Å². The first-order valence-electron chi connectivity index (χ1n) is 9.58. The highest BCUT2D eigenvalue weighted by Crippen LogP contribution is 2.25. The summed E-state index contributed by atoms with van der Waals surface area (Å²) in [6.45, 7) is 4.12. The van der Waals surface area contributed by atoms with E-state index < -0.39 is 10.0 Å². The van der Waals surface area contributed by atoms with Crippen molar-refractivity contribution in [2.24, 2.45) is 0 Å². The lowest BCUT2D eigenvalue weighted by atomic mass is 10.1. The van der Waals surface area contributed by atoms with Gasteiger partial charge < -0.3 is 5.32 Å². The second-order valence-corrected chi connectivity index (χ2v) is 9.17. The molecule has 3 aromatic rings. The molecule has 0 atom stereocenters. The van der Waals surface area contributed by atoms with Crippen molar-refractivity contribution in [3.8, 4) is 0 Å². The summed E-state index contributed by atoms with van der Waals surface area (Å²) in [5, 5.41) is 5.07. The summed E-state index contributed by atoms with van der Waals surface area (Å²) in [5.74, 6) is -0.130. The molecular formula is C23H26N2O3S. The Morgan fingerprint density at radius 3 is 2.41 bits per heavy atom. The maximum absolute atomic E-state index is 12.4. The number of nitrogens with one attached hydrogen (secondary N) is 1. The van der Waals surface area contributed by atoms with Crippen LogP contribution in [-0.4, -0.2) is 27.1 Å². The summed E-state index contributed by atoms with van der Waals surface area (Å²) in [5.41, 5.74) is 3.37. The average molecular weight is 411 g/mol. The van der Waals surface area contributed by atoms with Gasteiger partial charge in [-0.1, -0.05) is 42.5 Å². The maximum Gasteiger partial charge on any atom is 0.232 e. The van der Waals surface area contributed by atoms with Crippen LogP contribution in [0.2, 0.25) is 0 Å². The summed E-state index contributed by atoms with van der Waals surface area (Å²) >= 11 is 0. The zero-order valence-electron chi connectivity index (χ0n) is 17.0. The first kappa shape index (κ1) is 20.9. The summed E-state index contributed by atoms with van der Waals surface area (Å²) in [4.78, 5) is 12.4. The van der Waals surface area contributed by atoms with E-state index in [4.69, 9.17) is 0 Å². The standard InChI is InChI=1S/C23H26N2O3S/c1-17-8-6-11-22(18(17)2)25(29(3,27)28)15-7-12-23(26)24-21-14-13-19-9-4-5-10-20(19)16-21/h4-6,8-11,13-14,16H,7,12,15H2,1-3H3,(H,24,26). The first-order chi connectivity index (χ1) is 13.8. The van der Waals surface area contributed by atoms with Gasteiger partial charge in [-0.15, -0.1) is 0 Å². The minimum Gasteiger partial charge on any atom is -0.326 e. The molecule has 0 spiro atoms. The van der Waals surface area contributed by atoms with E-state index >= 15 is 0 Å². The van der Waals surface area contributed by atoms with Crippen LogP contribution in [0.15, 0.2) is 60.7 Å². The van der Waals surface area contributed by atoms with Crippen molar-refractivity contribution in [3.05, 3.63) is 71.8 Å². The first-order valence-corrected chi connectivity index (χ1v) is 11.4. The SMILES string of the molecule is Cc1cccc(N(CCCC(=O)Nc2ccc3ccccc3c2)S(C)(=O)=O)c1C. The van der Waals surface area contributed by atoms with Crippen molar-refractivity contribution in [1.82, 2.24) is 0 Å². The van der Waals surface area contributed by atoms with Gasteiger partial charge in [0.1, 0.15) is 0 Å². The molecule has 0 fully saturated rings. The Hall–Kier alpha value is -2.86. The van der Waals surface area contributed by atoms with Crippen molar-refractivity contribution >= 4 is 38.1 Å². The third-order valence-electron chi connectivity index (χ3n) is 5.04. The molecule has 3 rings (SSSR count). The molecule has 0 radical (unpaired) electrons. The van der Waals surface area contributed by atoms with Crippen LogP contribution in [0, 0.1) is 13.8 Å². The third-order valence-corrected chi connectivity index (χ3v) is 6.22. The second kappa shape index (κ2) is 8.66.